The maximum atomic E-state index is 12.2. The van der Waals surface area contributed by atoms with Gasteiger partial charge in [0.2, 0.25) is 11.8 Å². The molecule has 9 heteroatoms. The van der Waals surface area contributed by atoms with E-state index in [1.807, 2.05) is 0 Å². The SMILES string of the molecule is Cc1nc(SC(C)C(=O)NC(=O)NC2CCCCC2)sc1CC(N)=O. The summed E-state index contributed by atoms with van der Waals surface area (Å²) < 4.78 is 0.684. The van der Waals surface area contributed by atoms with E-state index in [1.54, 1.807) is 13.8 Å². The Morgan fingerprint density at radius 2 is 2.00 bits per heavy atom. The first kappa shape index (κ1) is 19.7. The van der Waals surface area contributed by atoms with Gasteiger partial charge in [-0.2, -0.15) is 0 Å². The molecule has 1 aromatic heterocycles. The second kappa shape index (κ2) is 9.19. The third-order valence-corrected chi connectivity index (χ3v) is 6.38. The molecule has 0 aliphatic heterocycles. The lowest BCUT2D eigenvalue weighted by Gasteiger charge is -2.22. The van der Waals surface area contributed by atoms with Gasteiger partial charge in [0.1, 0.15) is 0 Å². The van der Waals surface area contributed by atoms with Crippen molar-refractivity contribution in [1.82, 2.24) is 15.6 Å². The maximum absolute atomic E-state index is 12.2. The van der Waals surface area contributed by atoms with Gasteiger partial charge < -0.3 is 11.1 Å². The fourth-order valence-electron chi connectivity index (χ4n) is 2.66. The summed E-state index contributed by atoms with van der Waals surface area (Å²) in [6, 6.07) is -0.281. The number of nitrogens with zero attached hydrogens (tertiary/aromatic N) is 1. The fourth-order valence-corrected chi connectivity index (χ4v) is 5.05. The van der Waals surface area contributed by atoms with Gasteiger partial charge >= 0.3 is 6.03 Å². The first-order chi connectivity index (χ1) is 11.8. The Labute approximate surface area is 155 Å². The number of thioether (sulfide) groups is 1. The highest BCUT2D eigenvalue weighted by molar-refractivity contribution is 8.02. The first-order valence-corrected chi connectivity index (χ1v) is 10.1. The van der Waals surface area contributed by atoms with Crippen LogP contribution < -0.4 is 16.4 Å². The minimum absolute atomic E-state index is 0.147. The molecule has 0 saturated heterocycles. The molecule has 4 N–H and O–H groups in total. The largest absolute Gasteiger partial charge is 0.369 e. The number of nitrogens with one attached hydrogen (secondary N) is 2. The molecule has 1 heterocycles. The summed E-state index contributed by atoms with van der Waals surface area (Å²) in [5.41, 5.74) is 5.95. The van der Waals surface area contributed by atoms with Crippen LogP contribution in [-0.4, -0.2) is 34.1 Å². The van der Waals surface area contributed by atoms with Crippen LogP contribution in [0.5, 0.6) is 0 Å². The van der Waals surface area contributed by atoms with Gasteiger partial charge in [0.25, 0.3) is 0 Å². The molecular weight excluding hydrogens is 360 g/mol. The molecule has 1 unspecified atom stereocenters. The molecule has 0 spiro atoms. The average molecular weight is 385 g/mol. The Kier molecular flexibility index (Phi) is 7.24. The Balaban J connectivity index is 1.83. The molecule has 1 aliphatic carbocycles. The summed E-state index contributed by atoms with van der Waals surface area (Å²) in [6.07, 6.45) is 5.51. The molecule has 138 valence electrons. The van der Waals surface area contributed by atoms with E-state index in [1.165, 1.54) is 29.5 Å². The lowest BCUT2D eigenvalue weighted by atomic mass is 9.96. The first-order valence-electron chi connectivity index (χ1n) is 8.37. The van der Waals surface area contributed by atoms with Crippen LogP contribution in [0, 0.1) is 6.92 Å². The van der Waals surface area contributed by atoms with Crippen LogP contribution in [0.3, 0.4) is 0 Å². The van der Waals surface area contributed by atoms with Crippen molar-refractivity contribution in [2.24, 2.45) is 5.73 Å². The topological polar surface area (TPSA) is 114 Å². The van der Waals surface area contributed by atoms with Crippen LogP contribution in [0.2, 0.25) is 0 Å². The van der Waals surface area contributed by atoms with Crippen LogP contribution in [-0.2, 0) is 16.0 Å². The Bertz CT molecular complexity index is 641. The number of thiazole rings is 1. The number of carbonyl (C=O) groups excluding carboxylic acids is 3. The van der Waals surface area contributed by atoms with Crippen molar-refractivity contribution in [3.8, 4) is 0 Å². The third kappa shape index (κ3) is 6.32. The normalized spacial score (nSPS) is 16.2. The lowest BCUT2D eigenvalue weighted by Crippen LogP contribution is -2.47. The number of carbonyl (C=O) groups is 3. The molecule has 1 atom stereocenters. The number of amides is 4. The number of rotatable bonds is 6. The summed E-state index contributed by atoms with van der Waals surface area (Å²) in [4.78, 5) is 40.3. The molecule has 1 aliphatic rings. The number of urea groups is 1. The zero-order valence-corrected chi connectivity index (χ0v) is 16.1. The zero-order valence-electron chi connectivity index (χ0n) is 14.5. The van der Waals surface area contributed by atoms with Gasteiger partial charge in [-0.1, -0.05) is 31.0 Å². The van der Waals surface area contributed by atoms with Crippen molar-refractivity contribution in [3.05, 3.63) is 10.6 Å². The van der Waals surface area contributed by atoms with Crippen LogP contribution in [0.1, 0.15) is 49.6 Å². The summed E-state index contributed by atoms with van der Waals surface area (Å²) in [5, 5.41) is 4.78. The number of aromatic nitrogens is 1. The van der Waals surface area contributed by atoms with E-state index in [-0.39, 0.29) is 18.4 Å². The Morgan fingerprint density at radius 3 is 2.64 bits per heavy atom. The molecule has 2 rings (SSSR count). The summed E-state index contributed by atoms with van der Waals surface area (Å²) in [7, 11) is 0. The van der Waals surface area contributed by atoms with E-state index in [0.717, 1.165) is 36.3 Å². The highest BCUT2D eigenvalue weighted by Gasteiger charge is 2.22. The molecule has 0 radical (unpaired) electrons. The molecule has 4 amide bonds. The van der Waals surface area contributed by atoms with E-state index >= 15 is 0 Å². The molecule has 25 heavy (non-hydrogen) atoms. The predicted octanol–water partition coefficient (Wildman–Crippen LogP) is 2.12. The van der Waals surface area contributed by atoms with Gasteiger partial charge in [-0.25, -0.2) is 9.78 Å². The van der Waals surface area contributed by atoms with Gasteiger partial charge in [-0.15, -0.1) is 11.3 Å². The number of hydrogen-bond acceptors (Lipinski definition) is 6. The molecule has 1 fully saturated rings. The minimum atomic E-state index is -0.468. The highest BCUT2D eigenvalue weighted by Crippen LogP contribution is 2.30. The molecule has 1 saturated carbocycles. The van der Waals surface area contributed by atoms with E-state index in [0.29, 0.717) is 4.34 Å². The average Bonchev–Trinajstić information content (AvgIpc) is 2.86. The Hall–Kier alpha value is -1.61. The Morgan fingerprint density at radius 1 is 1.32 bits per heavy atom. The number of hydrogen-bond donors (Lipinski definition) is 3. The third-order valence-electron chi connectivity index (χ3n) is 4.03. The number of nitrogens with two attached hydrogens (primary N) is 1. The quantitative estimate of drug-likeness (QED) is 0.650. The van der Waals surface area contributed by atoms with Crippen LogP contribution >= 0.6 is 23.1 Å². The zero-order chi connectivity index (χ0) is 18.4. The number of primary amides is 1. The van der Waals surface area contributed by atoms with Crippen molar-refractivity contribution in [1.29, 1.82) is 0 Å². The van der Waals surface area contributed by atoms with Crippen molar-refractivity contribution >= 4 is 40.9 Å². The molecule has 7 nitrogen and oxygen atoms in total. The second-order valence-electron chi connectivity index (χ2n) is 6.19. The van der Waals surface area contributed by atoms with E-state index in [4.69, 9.17) is 5.73 Å². The van der Waals surface area contributed by atoms with Crippen LogP contribution in [0.15, 0.2) is 4.34 Å². The van der Waals surface area contributed by atoms with Crippen molar-refractivity contribution in [3.63, 3.8) is 0 Å². The molecule has 1 aromatic rings. The van der Waals surface area contributed by atoms with Crippen molar-refractivity contribution in [2.45, 2.75) is 68.0 Å². The molecular formula is C16H24N4O3S2. The van der Waals surface area contributed by atoms with Gasteiger partial charge in [-0.05, 0) is 26.7 Å². The predicted molar refractivity (Wildman–Crippen MR) is 98.6 cm³/mol. The fraction of sp³-hybridized carbons (Fsp3) is 0.625. The van der Waals surface area contributed by atoms with Gasteiger partial charge in [-0.3, -0.25) is 14.9 Å². The molecule has 0 aromatic carbocycles. The van der Waals surface area contributed by atoms with Gasteiger partial charge in [0, 0.05) is 10.9 Å². The lowest BCUT2D eigenvalue weighted by molar-refractivity contribution is -0.119. The van der Waals surface area contributed by atoms with E-state index in [2.05, 4.69) is 15.6 Å². The van der Waals surface area contributed by atoms with E-state index < -0.39 is 17.2 Å². The van der Waals surface area contributed by atoms with Crippen molar-refractivity contribution in [2.75, 3.05) is 0 Å². The van der Waals surface area contributed by atoms with Crippen molar-refractivity contribution < 1.29 is 14.4 Å². The second-order valence-corrected chi connectivity index (χ2v) is 8.86. The number of imide groups is 1. The van der Waals surface area contributed by atoms with E-state index in [9.17, 15) is 14.4 Å². The van der Waals surface area contributed by atoms with Gasteiger partial charge in [0.15, 0.2) is 4.34 Å². The summed E-state index contributed by atoms with van der Waals surface area (Å²) >= 11 is 2.62. The van der Waals surface area contributed by atoms with Crippen LogP contribution in [0.25, 0.3) is 0 Å². The summed E-state index contributed by atoms with van der Waals surface area (Å²) in [6.45, 7) is 3.53. The standard InChI is InChI=1S/C16H24N4O3S2/c1-9-12(8-13(17)21)25-16(18-9)24-10(2)14(22)20-15(23)19-11-6-4-3-5-7-11/h10-11H,3-8H2,1-2H3,(H2,17,21)(H2,19,20,22,23). The molecule has 0 bridgehead atoms. The number of aryl methyl sites for hydroxylation is 1. The van der Waals surface area contributed by atoms with Crippen LogP contribution in [0.4, 0.5) is 4.79 Å². The summed E-state index contributed by atoms with van der Waals surface area (Å²) in [5.74, 6) is -0.768. The monoisotopic (exact) mass is 384 g/mol. The highest BCUT2D eigenvalue weighted by atomic mass is 32.2. The smallest absolute Gasteiger partial charge is 0.321 e. The minimum Gasteiger partial charge on any atom is -0.369 e. The maximum Gasteiger partial charge on any atom is 0.321 e. The van der Waals surface area contributed by atoms with Gasteiger partial charge in [0.05, 0.1) is 17.4 Å².